The number of piperidine rings is 1. The third kappa shape index (κ3) is 4.37. The van der Waals surface area contributed by atoms with Crippen LogP contribution in [0.5, 0.6) is 0 Å². The van der Waals surface area contributed by atoms with Gasteiger partial charge in [-0.25, -0.2) is 4.79 Å². The fourth-order valence-electron chi connectivity index (χ4n) is 3.33. The first-order valence-corrected chi connectivity index (χ1v) is 7.66. The van der Waals surface area contributed by atoms with Gasteiger partial charge in [0.15, 0.2) is 0 Å². The molecule has 4 nitrogen and oxygen atoms in total. The van der Waals surface area contributed by atoms with E-state index in [0.29, 0.717) is 11.8 Å². The average Bonchev–Trinajstić information content (AvgIpc) is 2.29. The minimum Gasteiger partial charge on any atom is -0.444 e. The molecule has 0 spiro atoms. The average molecular weight is 268 g/mol. The van der Waals surface area contributed by atoms with Crippen LogP contribution in [0, 0.1) is 11.8 Å². The van der Waals surface area contributed by atoms with Crippen molar-refractivity contribution >= 4 is 6.09 Å². The number of hydrogen-bond donors (Lipinski definition) is 2. The first-order valence-electron chi connectivity index (χ1n) is 7.66. The predicted molar refractivity (Wildman–Crippen MR) is 76.1 cm³/mol. The molecule has 2 fully saturated rings. The molecule has 0 aromatic rings. The Labute approximate surface area is 116 Å². The molecule has 0 unspecified atom stereocenters. The van der Waals surface area contributed by atoms with E-state index < -0.39 is 5.60 Å². The molecule has 1 saturated carbocycles. The second-order valence-electron chi connectivity index (χ2n) is 6.99. The van der Waals surface area contributed by atoms with E-state index in [0.717, 1.165) is 13.1 Å². The Morgan fingerprint density at radius 1 is 1.11 bits per heavy atom. The second kappa shape index (κ2) is 6.12. The lowest BCUT2D eigenvalue weighted by molar-refractivity contribution is 0.0422. The van der Waals surface area contributed by atoms with Crippen LogP contribution < -0.4 is 10.6 Å². The molecule has 1 aliphatic heterocycles. The van der Waals surface area contributed by atoms with Gasteiger partial charge >= 0.3 is 6.09 Å². The van der Waals surface area contributed by atoms with Crippen LogP contribution >= 0.6 is 0 Å². The summed E-state index contributed by atoms with van der Waals surface area (Å²) >= 11 is 0. The largest absolute Gasteiger partial charge is 0.444 e. The number of hydrogen-bond acceptors (Lipinski definition) is 3. The molecule has 1 amide bonds. The van der Waals surface area contributed by atoms with Gasteiger partial charge in [-0.3, -0.25) is 0 Å². The quantitative estimate of drug-likeness (QED) is 0.768. The van der Waals surface area contributed by atoms with E-state index in [2.05, 4.69) is 10.6 Å². The minimum atomic E-state index is -0.418. The van der Waals surface area contributed by atoms with Crippen molar-refractivity contribution in [3.05, 3.63) is 0 Å². The molecule has 1 saturated heterocycles. The van der Waals surface area contributed by atoms with Gasteiger partial charge in [-0.15, -0.1) is 0 Å². The molecule has 4 heteroatoms. The molecule has 2 rings (SSSR count). The summed E-state index contributed by atoms with van der Waals surface area (Å²) in [6, 6.07) is 0.288. The van der Waals surface area contributed by atoms with E-state index >= 15 is 0 Å². The van der Waals surface area contributed by atoms with Crippen molar-refractivity contribution in [2.24, 2.45) is 11.8 Å². The topological polar surface area (TPSA) is 50.4 Å². The molecule has 110 valence electrons. The summed E-state index contributed by atoms with van der Waals surface area (Å²) in [4.78, 5) is 12.0. The zero-order valence-electron chi connectivity index (χ0n) is 12.5. The Morgan fingerprint density at radius 3 is 2.21 bits per heavy atom. The summed E-state index contributed by atoms with van der Waals surface area (Å²) in [5.41, 5.74) is -0.418. The molecule has 0 radical (unpaired) electrons. The lowest BCUT2D eigenvalue weighted by Crippen LogP contribution is -2.56. The van der Waals surface area contributed by atoms with Crippen molar-refractivity contribution in [1.29, 1.82) is 0 Å². The highest BCUT2D eigenvalue weighted by Gasteiger charge is 2.35. The third-order valence-corrected chi connectivity index (χ3v) is 4.16. The maximum atomic E-state index is 12.0. The molecular weight excluding hydrogens is 240 g/mol. The Balaban J connectivity index is 1.97. The van der Waals surface area contributed by atoms with Gasteiger partial charge in [0.05, 0.1) is 0 Å². The third-order valence-electron chi connectivity index (χ3n) is 4.16. The van der Waals surface area contributed by atoms with Gasteiger partial charge in [0.25, 0.3) is 0 Å². The Bertz CT molecular complexity index is 298. The van der Waals surface area contributed by atoms with Crippen LogP contribution in [0.4, 0.5) is 4.79 Å². The van der Waals surface area contributed by atoms with Crippen LogP contribution in [0.2, 0.25) is 0 Å². The fourth-order valence-corrected chi connectivity index (χ4v) is 3.33. The standard InChI is InChI=1S/C15H28N2O2/c1-15(2,3)19-14(18)17-13-11-7-5-4-6-8-12(13)10-16-9-11/h11-13,16H,4-10H2,1-3H3,(H,17,18)/t11-,12-/m1/s1. The number of carbonyl (C=O) groups is 1. The Kier molecular flexibility index (Phi) is 4.71. The maximum Gasteiger partial charge on any atom is 0.407 e. The second-order valence-corrected chi connectivity index (χ2v) is 6.99. The smallest absolute Gasteiger partial charge is 0.407 e. The van der Waals surface area contributed by atoms with E-state index in [1.54, 1.807) is 0 Å². The first kappa shape index (κ1) is 14.6. The summed E-state index contributed by atoms with van der Waals surface area (Å²) in [5.74, 6) is 1.12. The molecule has 0 aromatic heterocycles. The van der Waals surface area contributed by atoms with Crippen LogP contribution in [0.1, 0.15) is 52.9 Å². The molecule has 1 heterocycles. The summed E-state index contributed by atoms with van der Waals surface area (Å²) < 4.78 is 5.41. The summed E-state index contributed by atoms with van der Waals surface area (Å²) in [5, 5.41) is 6.66. The highest BCUT2D eigenvalue weighted by molar-refractivity contribution is 5.68. The lowest BCUT2D eigenvalue weighted by atomic mass is 9.77. The predicted octanol–water partition coefficient (Wildman–Crippen LogP) is 2.68. The minimum absolute atomic E-state index is 0.255. The van der Waals surface area contributed by atoms with E-state index in [1.165, 1.54) is 32.1 Å². The van der Waals surface area contributed by atoms with Crippen molar-refractivity contribution in [2.45, 2.75) is 64.5 Å². The summed E-state index contributed by atoms with van der Waals surface area (Å²) in [7, 11) is 0. The number of amides is 1. The van der Waals surface area contributed by atoms with Gasteiger partial charge in [-0.2, -0.15) is 0 Å². The van der Waals surface area contributed by atoms with Crippen molar-refractivity contribution in [3.63, 3.8) is 0 Å². The normalized spacial score (nSPS) is 32.1. The van der Waals surface area contributed by atoms with Crippen molar-refractivity contribution < 1.29 is 9.53 Å². The van der Waals surface area contributed by atoms with Gasteiger partial charge in [-0.05, 0) is 58.5 Å². The first-order chi connectivity index (χ1) is 8.96. The number of carbonyl (C=O) groups excluding carboxylic acids is 1. The van der Waals surface area contributed by atoms with Crippen molar-refractivity contribution in [2.75, 3.05) is 13.1 Å². The number of fused-ring (bicyclic) bond motifs is 2. The van der Waals surface area contributed by atoms with Crippen molar-refractivity contribution in [3.8, 4) is 0 Å². The highest BCUT2D eigenvalue weighted by atomic mass is 16.6. The summed E-state index contributed by atoms with van der Waals surface area (Å²) in [6.45, 7) is 7.78. The highest BCUT2D eigenvalue weighted by Crippen LogP contribution is 2.29. The number of nitrogens with one attached hydrogen (secondary N) is 2. The number of ether oxygens (including phenoxy) is 1. The number of alkyl carbamates (subject to hydrolysis) is 1. The van der Waals surface area contributed by atoms with Crippen LogP contribution in [0.15, 0.2) is 0 Å². The fraction of sp³-hybridized carbons (Fsp3) is 0.933. The molecule has 2 atom stereocenters. The maximum absolute atomic E-state index is 12.0. The number of rotatable bonds is 1. The lowest BCUT2D eigenvalue weighted by Gasteiger charge is -2.41. The molecule has 2 N–H and O–H groups in total. The Hall–Kier alpha value is -0.770. The molecule has 2 bridgehead atoms. The van der Waals surface area contributed by atoms with E-state index in [4.69, 9.17) is 4.74 Å². The van der Waals surface area contributed by atoms with Crippen molar-refractivity contribution in [1.82, 2.24) is 10.6 Å². The van der Waals surface area contributed by atoms with E-state index in [9.17, 15) is 4.79 Å². The molecule has 0 aromatic carbocycles. The molecule has 19 heavy (non-hydrogen) atoms. The van der Waals surface area contributed by atoms with Crippen LogP contribution in [0.25, 0.3) is 0 Å². The van der Waals surface area contributed by atoms with E-state index in [1.807, 2.05) is 20.8 Å². The molecule has 2 aliphatic rings. The van der Waals surface area contributed by atoms with Crippen LogP contribution in [0.3, 0.4) is 0 Å². The monoisotopic (exact) mass is 268 g/mol. The van der Waals surface area contributed by atoms with Gasteiger partial charge < -0.3 is 15.4 Å². The SMILES string of the molecule is CC(C)(C)OC(=O)NC1[C@@H]2CCCCC[C@@H]1CNC2. The zero-order valence-corrected chi connectivity index (χ0v) is 12.5. The zero-order chi connectivity index (χ0) is 13.9. The molecule has 1 aliphatic carbocycles. The van der Waals surface area contributed by atoms with Gasteiger partial charge in [0.2, 0.25) is 0 Å². The summed E-state index contributed by atoms with van der Waals surface area (Å²) in [6.07, 6.45) is 6.08. The van der Waals surface area contributed by atoms with E-state index in [-0.39, 0.29) is 12.1 Å². The van der Waals surface area contributed by atoms with Crippen LogP contribution in [-0.4, -0.2) is 30.8 Å². The Morgan fingerprint density at radius 2 is 1.68 bits per heavy atom. The van der Waals surface area contributed by atoms with Gasteiger partial charge in [-0.1, -0.05) is 19.3 Å². The van der Waals surface area contributed by atoms with Gasteiger partial charge in [0.1, 0.15) is 5.60 Å². The molecular formula is C15H28N2O2. The van der Waals surface area contributed by atoms with Crippen LogP contribution in [-0.2, 0) is 4.74 Å². The van der Waals surface area contributed by atoms with Gasteiger partial charge in [0, 0.05) is 6.04 Å².